The summed E-state index contributed by atoms with van der Waals surface area (Å²) in [4.78, 5) is 28.4. The molecule has 4 rings (SSSR count). The van der Waals surface area contributed by atoms with Gasteiger partial charge in [0.1, 0.15) is 11.5 Å². The lowest BCUT2D eigenvalue weighted by Gasteiger charge is -2.27. The highest BCUT2D eigenvalue weighted by atomic mass is 32.1. The van der Waals surface area contributed by atoms with Gasteiger partial charge < -0.3 is 19.5 Å². The summed E-state index contributed by atoms with van der Waals surface area (Å²) >= 11 is 1.49. The predicted molar refractivity (Wildman–Crippen MR) is 115 cm³/mol. The number of rotatable bonds is 6. The summed E-state index contributed by atoms with van der Waals surface area (Å²) in [5, 5.41) is 13.0. The Morgan fingerprint density at radius 3 is 2.63 bits per heavy atom. The first-order valence-corrected chi connectivity index (χ1v) is 11.1. The molecule has 2 fully saturated rings. The lowest BCUT2D eigenvalue weighted by atomic mass is 9.98. The van der Waals surface area contributed by atoms with E-state index in [2.05, 4.69) is 0 Å². The fourth-order valence-electron chi connectivity index (χ4n) is 4.04. The fraction of sp³-hybridized carbons (Fsp3) is 0.391. The maximum atomic E-state index is 13.0. The van der Waals surface area contributed by atoms with Crippen LogP contribution in [0.4, 0.5) is 0 Å². The molecule has 0 aliphatic carbocycles. The Morgan fingerprint density at radius 2 is 2.03 bits per heavy atom. The summed E-state index contributed by atoms with van der Waals surface area (Å²) in [6.07, 6.45) is 1.72. The molecule has 0 spiro atoms. The van der Waals surface area contributed by atoms with Crippen molar-refractivity contribution < 1.29 is 24.2 Å². The normalized spacial score (nSPS) is 23.3. The molecule has 2 saturated heterocycles. The quantitative estimate of drug-likeness (QED) is 0.428. The Balaban J connectivity index is 1.77. The molecule has 2 aliphatic rings. The van der Waals surface area contributed by atoms with E-state index >= 15 is 0 Å². The van der Waals surface area contributed by atoms with Crippen LogP contribution < -0.4 is 4.74 Å². The standard InChI is InChI=1S/C23H25NO5S/c1-3-28-16-8-6-15(7-9-16)20(25)18-19(22-14(2)10-12-30-22)24(23(27)21(18)26)13-17-5-4-11-29-17/h6-10,12,17,19,25H,3-5,11,13H2,1-2H3/b20-18+. The minimum atomic E-state index is -0.655. The molecule has 1 aromatic heterocycles. The van der Waals surface area contributed by atoms with E-state index in [4.69, 9.17) is 9.47 Å². The van der Waals surface area contributed by atoms with E-state index in [-0.39, 0.29) is 17.4 Å². The van der Waals surface area contributed by atoms with E-state index in [0.717, 1.165) is 23.3 Å². The number of carbonyl (C=O) groups is 2. The van der Waals surface area contributed by atoms with Crippen molar-refractivity contribution in [2.24, 2.45) is 0 Å². The van der Waals surface area contributed by atoms with Crippen molar-refractivity contribution in [2.45, 2.75) is 38.8 Å². The maximum Gasteiger partial charge on any atom is 0.295 e. The molecule has 30 heavy (non-hydrogen) atoms. The summed E-state index contributed by atoms with van der Waals surface area (Å²) in [6.45, 7) is 5.40. The number of nitrogens with zero attached hydrogens (tertiary/aromatic N) is 1. The number of carbonyl (C=O) groups excluding carboxylic acids is 2. The van der Waals surface area contributed by atoms with Crippen LogP contribution in [0.2, 0.25) is 0 Å². The number of aryl methyl sites for hydroxylation is 1. The van der Waals surface area contributed by atoms with Crippen LogP contribution in [0.5, 0.6) is 5.75 Å². The summed E-state index contributed by atoms with van der Waals surface area (Å²) in [5.41, 5.74) is 1.60. The first-order chi connectivity index (χ1) is 14.5. The van der Waals surface area contributed by atoms with Gasteiger partial charge in [-0.05, 0) is 68.0 Å². The third-order valence-electron chi connectivity index (χ3n) is 5.55. The Kier molecular flexibility index (Phi) is 5.92. The minimum Gasteiger partial charge on any atom is -0.507 e. The van der Waals surface area contributed by atoms with Gasteiger partial charge in [-0.1, -0.05) is 0 Å². The molecule has 1 aromatic carbocycles. The zero-order chi connectivity index (χ0) is 21.3. The van der Waals surface area contributed by atoms with Crippen LogP contribution in [0.15, 0.2) is 41.3 Å². The summed E-state index contributed by atoms with van der Waals surface area (Å²) in [7, 11) is 0. The number of amides is 1. The molecule has 0 saturated carbocycles. The van der Waals surface area contributed by atoms with Crippen LogP contribution >= 0.6 is 11.3 Å². The van der Waals surface area contributed by atoms with E-state index in [1.165, 1.54) is 11.3 Å². The highest BCUT2D eigenvalue weighted by molar-refractivity contribution is 7.10. The zero-order valence-corrected chi connectivity index (χ0v) is 17.9. The van der Waals surface area contributed by atoms with Crippen molar-refractivity contribution in [3.05, 3.63) is 57.3 Å². The number of aliphatic hydroxyl groups is 1. The maximum absolute atomic E-state index is 13.0. The van der Waals surface area contributed by atoms with Crippen LogP contribution in [-0.4, -0.2) is 47.6 Å². The molecule has 2 unspecified atom stereocenters. The van der Waals surface area contributed by atoms with Gasteiger partial charge >= 0.3 is 0 Å². The molecule has 1 amide bonds. The number of Topliss-reactive ketones (excluding diaryl/α,β-unsaturated/α-hetero) is 1. The lowest BCUT2D eigenvalue weighted by Crippen LogP contribution is -2.36. The van der Waals surface area contributed by atoms with Crippen LogP contribution in [0.25, 0.3) is 5.76 Å². The number of aliphatic hydroxyl groups excluding tert-OH is 1. The Labute approximate surface area is 179 Å². The largest absolute Gasteiger partial charge is 0.507 e. The smallest absolute Gasteiger partial charge is 0.295 e. The number of benzene rings is 1. The predicted octanol–water partition coefficient (Wildman–Crippen LogP) is 4.06. The number of thiophene rings is 1. The number of hydrogen-bond donors (Lipinski definition) is 1. The van der Waals surface area contributed by atoms with Crippen molar-refractivity contribution in [3.8, 4) is 5.75 Å². The van der Waals surface area contributed by atoms with Crippen molar-refractivity contribution in [2.75, 3.05) is 19.8 Å². The monoisotopic (exact) mass is 427 g/mol. The average Bonchev–Trinajstić information content (AvgIpc) is 3.46. The molecule has 0 bridgehead atoms. The number of ketones is 1. The van der Waals surface area contributed by atoms with Gasteiger partial charge in [0, 0.05) is 23.6 Å². The van der Waals surface area contributed by atoms with E-state index in [0.29, 0.717) is 31.1 Å². The Hall–Kier alpha value is -2.64. The molecule has 2 atom stereocenters. The van der Waals surface area contributed by atoms with Crippen molar-refractivity contribution >= 4 is 28.8 Å². The van der Waals surface area contributed by atoms with Crippen LogP contribution in [0.3, 0.4) is 0 Å². The molecule has 0 radical (unpaired) electrons. The zero-order valence-electron chi connectivity index (χ0n) is 17.1. The topological polar surface area (TPSA) is 76.1 Å². The minimum absolute atomic E-state index is 0.0866. The van der Waals surface area contributed by atoms with Gasteiger partial charge in [0.25, 0.3) is 11.7 Å². The number of likely N-dealkylation sites (tertiary alicyclic amines) is 1. The van der Waals surface area contributed by atoms with Gasteiger partial charge in [-0.3, -0.25) is 9.59 Å². The molecule has 158 valence electrons. The van der Waals surface area contributed by atoms with Crippen LogP contribution in [0, 0.1) is 6.92 Å². The highest BCUT2D eigenvalue weighted by Crippen LogP contribution is 2.43. The lowest BCUT2D eigenvalue weighted by molar-refractivity contribution is -0.140. The van der Waals surface area contributed by atoms with E-state index in [1.807, 2.05) is 25.3 Å². The second-order valence-electron chi connectivity index (χ2n) is 7.51. The van der Waals surface area contributed by atoms with Crippen LogP contribution in [0.1, 0.15) is 41.8 Å². The van der Waals surface area contributed by atoms with Gasteiger partial charge in [0.05, 0.1) is 24.3 Å². The Morgan fingerprint density at radius 1 is 1.27 bits per heavy atom. The van der Waals surface area contributed by atoms with E-state index < -0.39 is 17.7 Å². The molecule has 3 heterocycles. The molecule has 7 heteroatoms. The molecular formula is C23H25NO5S. The van der Waals surface area contributed by atoms with E-state index in [9.17, 15) is 14.7 Å². The molecule has 6 nitrogen and oxygen atoms in total. The highest BCUT2D eigenvalue weighted by Gasteiger charge is 2.47. The Bertz CT molecular complexity index is 972. The van der Waals surface area contributed by atoms with Gasteiger partial charge in [-0.2, -0.15) is 0 Å². The van der Waals surface area contributed by atoms with Gasteiger partial charge in [-0.25, -0.2) is 0 Å². The SMILES string of the molecule is CCOc1ccc(/C(O)=C2\C(=O)C(=O)N(CC3CCCO3)C2c2sccc2C)cc1. The second-order valence-corrected chi connectivity index (χ2v) is 8.46. The molecule has 2 aromatic rings. The van der Waals surface area contributed by atoms with Crippen molar-refractivity contribution in [3.63, 3.8) is 0 Å². The van der Waals surface area contributed by atoms with Gasteiger partial charge in [0.2, 0.25) is 0 Å². The summed E-state index contributed by atoms with van der Waals surface area (Å²) in [6, 6.07) is 8.24. The molecule has 2 aliphatic heterocycles. The summed E-state index contributed by atoms with van der Waals surface area (Å²) in [5.74, 6) is -0.726. The van der Waals surface area contributed by atoms with Crippen LogP contribution in [-0.2, 0) is 14.3 Å². The average molecular weight is 428 g/mol. The fourth-order valence-corrected chi connectivity index (χ4v) is 5.09. The number of ether oxygens (including phenoxy) is 2. The molecular weight excluding hydrogens is 402 g/mol. The third-order valence-corrected chi connectivity index (χ3v) is 6.62. The van der Waals surface area contributed by atoms with Gasteiger partial charge in [-0.15, -0.1) is 11.3 Å². The first-order valence-electron chi connectivity index (χ1n) is 10.2. The van der Waals surface area contributed by atoms with Gasteiger partial charge in [0.15, 0.2) is 0 Å². The first kappa shape index (κ1) is 20.6. The summed E-state index contributed by atoms with van der Waals surface area (Å²) < 4.78 is 11.2. The van der Waals surface area contributed by atoms with E-state index in [1.54, 1.807) is 29.2 Å². The second kappa shape index (κ2) is 8.62. The third kappa shape index (κ3) is 3.75. The number of hydrogen-bond acceptors (Lipinski definition) is 6. The molecule has 1 N–H and O–H groups in total. The van der Waals surface area contributed by atoms with Crippen molar-refractivity contribution in [1.29, 1.82) is 0 Å². The van der Waals surface area contributed by atoms with Crippen molar-refractivity contribution in [1.82, 2.24) is 4.90 Å².